The second-order valence-electron chi connectivity index (χ2n) is 3.74. The van der Waals surface area contributed by atoms with E-state index in [0.29, 0.717) is 16.6 Å². The first-order valence-corrected chi connectivity index (χ1v) is 6.87. The van der Waals surface area contributed by atoms with Gasteiger partial charge in [0.05, 0.1) is 5.01 Å². The van der Waals surface area contributed by atoms with Gasteiger partial charge in [-0.2, -0.15) is 0 Å². The van der Waals surface area contributed by atoms with Gasteiger partial charge in [0.15, 0.2) is 0 Å². The first-order chi connectivity index (χ1) is 8.20. The monoisotopic (exact) mass is 286 g/mol. The fourth-order valence-electron chi connectivity index (χ4n) is 1.66. The van der Waals surface area contributed by atoms with E-state index in [9.17, 15) is 0 Å². The van der Waals surface area contributed by atoms with Crippen LogP contribution in [0.4, 0.5) is 0 Å². The van der Waals surface area contributed by atoms with Crippen molar-refractivity contribution < 1.29 is 0 Å². The second-order valence-corrected chi connectivity index (χ2v) is 5.51. The third kappa shape index (κ3) is 3.19. The van der Waals surface area contributed by atoms with Crippen molar-refractivity contribution in [3.63, 3.8) is 0 Å². The van der Waals surface area contributed by atoms with Gasteiger partial charge >= 0.3 is 0 Å². The van der Waals surface area contributed by atoms with Crippen LogP contribution in [-0.4, -0.2) is 11.5 Å². The van der Waals surface area contributed by atoms with Gasteiger partial charge in [-0.25, -0.2) is 4.98 Å². The summed E-state index contributed by atoms with van der Waals surface area (Å²) in [6, 6.07) is 5.55. The predicted octanol–water partition coefficient (Wildman–Crippen LogP) is 3.73. The number of hydrogen-bond donors (Lipinski definition) is 1. The molecule has 90 valence electrons. The van der Waals surface area contributed by atoms with Gasteiger partial charge in [-0.1, -0.05) is 29.3 Å². The maximum atomic E-state index is 6.15. The van der Waals surface area contributed by atoms with Gasteiger partial charge in [0.1, 0.15) is 0 Å². The van der Waals surface area contributed by atoms with Crippen LogP contribution in [0.2, 0.25) is 10.0 Å². The zero-order valence-electron chi connectivity index (χ0n) is 9.07. The molecule has 0 amide bonds. The molecular weight excluding hydrogens is 275 g/mol. The molecule has 2 rings (SSSR count). The minimum absolute atomic E-state index is 0.216. The molecule has 0 aliphatic rings. The molecule has 2 N–H and O–H groups in total. The molecule has 0 spiro atoms. The lowest BCUT2D eigenvalue weighted by Gasteiger charge is -2.13. The van der Waals surface area contributed by atoms with Crippen molar-refractivity contribution in [1.82, 2.24) is 4.98 Å². The van der Waals surface area contributed by atoms with Crippen LogP contribution >= 0.6 is 34.5 Å². The molecule has 0 aliphatic heterocycles. The Morgan fingerprint density at radius 3 is 2.76 bits per heavy atom. The lowest BCUT2D eigenvalue weighted by Crippen LogP contribution is -2.15. The molecule has 1 atom stereocenters. The number of thiazole rings is 1. The molecule has 1 aromatic heterocycles. The molecule has 1 aromatic carbocycles. The van der Waals surface area contributed by atoms with Crippen LogP contribution in [-0.2, 0) is 6.42 Å². The zero-order chi connectivity index (χ0) is 12.3. The first-order valence-electron chi connectivity index (χ1n) is 5.24. The molecule has 2 aromatic rings. The van der Waals surface area contributed by atoms with Gasteiger partial charge in [0.25, 0.3) is 0 Å². The summed E-state index contributed by atoms with van der Waals surface area (Å²) in [6.45, 7) is 0.562. The zero-order valence-corrected chi connectivity index (χ0v) is 11.4. The Balaban J connectivity index is 2.19. The highest BCUT2D eigenvalue weighted by Crippen LogP contribution is 2.27. The Kier molecular flexibility index (Phi) is 4.40. The number of nitrogens with two attached hydrogens (primary N) is 1. The van der Waals surface area contributed by atoms with Crippen LogP contribution in [0.25, 0.3) is 0 Å². The summed E-state index contributed by atoms with van der Waals surface area (Å²) in [5.41, 5.74) is 6.85. The van der Waals surface area contributed by atoms with Crippen molar-refractivity contribution in [3.8, 4) is 0 Å². The van der Waals surface area contributed by atoms with E-state index in [2.05, 4.69) is 4.98 Å². The largest absolute Gasteiger partial charge is 0.330 e. The summed E-state index contributed by atoms with van der Waals surface area (Å²) in [7, 11) is 0. The molecule has 0 saturated heterocycles. The summed E-state index contributed by atoms with van der Waals surface area (Å²) < 4.78 is 0. The van der Waals surface area contributed by atoms with Crippen molar-refractivity contribution in [2.24, 2.45) is 5.73 Å². The van der Waals surface area contributed by atoms with E-state index in [1.165, 1.54) is 0 Å². The van der Waals surface area contributed by atoms with Crippen LogP contribution in [0.5, 0.6) is 0 Å². The molecule has 5 heteroatoms. The predicted molar refractivity (Wildman–Crippen MR) is 74.1 cm³/mol. The summed E-state index contributed by atoms with van der Waals surface area (Å²) in [5.74, 6) is 0.216. The van der Waals surface area contributed by atoms with Crippen molar-refractivity contribution in [3.05, 3.63) is 50.4 Å². The molecule has 2 nitrogen and oxygen atoms in total. The first kappa shape index (κ1) is 12.8. The lowest BCUT2D eigenvalue weighted by molar-refractivity contribution is 0.689. The fourth-order valence-corrected chi connectivity index (χ4v) is 2.90. The van der Waals surface area contributed by atoms with Gasteiger partial charge in [-0.05, 0) is 24.1 Å². The maximum absolute atomic E-state index is 6.15. The minimum atomic E-state index is 0.216. The Hall–Kier alpha value is -0.610. The Labute approximate surface area is 114 Å². The topological polar surface area (TPSA) is 38.9 Å². The SMILES string of the molecule is NCC(Cc1ccc(Cl)cc1Cl)c1nccs1. The Morgan fingerprint density at radius 1 is 1.35 bits per heavy atom. The summed E-state index contributed by atoms with van der Waals surface area (Å²) in [4.78, 5) is 4.30. The van der Waals surface area contributed by atoms with Crippen LogP contribution in [0.3, 0.4) is 0 Å². The maximum Gasteiger partial charge on any atom is 0.0971 e. The summed E-state index contributed by atoms with van der Waals surface area (Å²) >= 11 is 13.6. The van der Waals surface area contributed by atoms with Crippen LogP contribution < -0.4 is 5.73 Å². The molecule has 0 aliphatic carbocycles. The van der Waals surface area contributed by atoms with Crippen molar-refractivity contribution in [2.45, 2.75) is 12.3 Å². The van der Waals surface area contributed by atoms with E-state index in [-0.39, 0.29) is 5.92 Å². The van der Waals surface area contributed by atoms with Gasteiger partial charge in [-0.3, -0.25) is 0 Å². The number of aromatic nitrogens is 1. The molecule has 0 radical (unpaired) electrons. The molecule has 0 bridgehead atoms. The number of halogens is 2. The smallest absolute Gasteiger partial charge is 0.0971 e. The molecule has 0 fully saturated rings. The molecule has 1 heterocycles. The average molecular weight is 287 g/mol. The number of hydrogen-bond acceptors (Lipinski definition) is 3. The summed E-state index contributed by atoms with van der Waals surface area (Å²) in [6.07, 6.45) is 2.59. The van der Waals surface area contributed by atoms with Gasteiger partial charge in [-0.15, -0.1) is 11.3 Å². The quantitative estimate of drug-likeness (QED) is 0.930. The van der Waals surface area contributed by atoms with E-state index in [0.717, 1.165) is 17.0 Å². The van der Waals surface area contributed by atoms with Gasteiger partial charge < -0.3 is 5.73 Å². The van der Waals surface area contributed by atoms with E-state index in [1.807, 2.05) is 17.5 Å². The second kappa shape index (κ2) is 5.83. The normalized spacial score (nSPS) is 12.6. The fraction of sp³-hybridized carbons (Fsp3) is 0.250. The van der Waals surface area contributed by atoms with Gasteiger partial charge in [0.2, 0.25) is 0 Å². The highest BCUT2D eigenvalue weighted by Gasteiger charge is 2.14. The van der Waals surface area contributed by atoms with Crippen molar-refractivity contribution in [1.29, 1.82) is 0 Å². The number of benzene rings is 1. The highest BCUT2D eigenvalue weighted by molar-refractivity contribution is 7.09. The van der Waals surface area contributed by atoms with Crippen LogP contribution in [0.15, 0.2) is 29.8 Å². The number of rotatable bonds is 4. The van der Waals surface area contributed by atoms with Crippen molar-refractivity contribution in [2.75, 3.05) is 6.54 Å². The average Bonchev–Trinajstić information content (AvgIpc) is 2.81. The Morgan fingerprint density at radius 2 is 2.18 bits per heavy atom. The van der Waals surface area contributed by atoms with Crippen LogP contribution in [0, 0.1) is 0 Å². The van der Waals surface area contributed by atoms with E-state index < -0.39 is 0 Å². The highest BCUT2D eigenvalue weighted by atomic mass is 35.5. The third-order valence-electron chi connectivity index (χ3n) is 2.57. The Bertz CT molecular complexity index is 485. The molecule has 1 unspecified atom stereocenters. The van der Waals surface area contributed by atoms with E-state index in [4.69, 9.17) is 28.9 Å². The third-order valence-corrected chi connectivity index (χ3v) is 4.09. The van der Waals surface area contributed by atoms with Crippen LogP contribution in [0.1, 0.15) is 16.5 Å². The summed E-state index contributed by atoms with van der Waals surface area (Å²) in [5, 5.41) is 4.35. The molecule has 0 saturated carbocycles. The minimum Gasteiger partial charge on any atom is -0.330 e. The lowest BCUT2D eigenvalue weighted by atomic mass is 10.00. The molecular formula is C12H12Cl2N2S. The number of nitrogens with zero attached hydrogens (tertiary/aromatic N) is 1. The van der Waals surface area contributed by atoms with Crippen molar-refractivity contribution >= 4 is 34.5 Å². The van der Waals surface area contributed by atoms with E-state index >= 15 is 0 Å². The van der Waals surface area contributed by atoms with Gasteiger partial charge in [0, 0.05) is 34.1 Å². The standard InChI is InChI=1S/C12H12Cl2N2S/c13-10-2-1-8(11(14)6-10)5-9(7-15)12-16-3-4-17-12/h1-4,6,9H,5,7,15H2. The molecule has 17 heavy (non-hydrogen) atoms. The van der Waals surface area contributed by atoms with E-state index in [1.54, 1.807) is 23.6 Å².